The summed E-state index contributed by atoms with van der Waals surface area (Å²) in [6.45, 7) is 2.91. The van der Waals surface area contributed by atoms with Gasteiger partial charge in [0.25, 0.3) is 5.91 Å². The largest absolute Gasteiger partial charge is 0.375 e. The van der Waals surface area contributed by atoms with Crippen LogP contribution < -0.4 is 5.32 Å². The van der Waals surface area contributed by atoms with Crippen molar-refractivity contribution < 1.29 is 14.3 Å². The highest BCUT2D eigenvalue weighted by molar-refractivity contribution is 5.87. The number of hydrogen-bond donors (Lipinski definition) is 2. The van der Waals surface area contributed by atoms with Crippen LogP contribution in [0, 0.1) is 23.6 Å². The van der Waals surface area contributed by atoms with Crippen LogP contribution in [0.2, 0.25) is 0 Å². The van der Waals surface area contributed by atoms with E-state index in [4.69, 9.17) is 0 Å². The molecule has 5 heteroatoms. The van der Waals surface area contributed by atoms with Crippen LogP contribution in [0.25, 0.3) is 0 Å². The van der Waals surface area contributed by atoms with Gasteiger partial charge in [-0.25, -0.2) is 4.39 Å². The van der Waals surface area contributed by atoms with Crippen LogP contribution in [0.3, 0.4) is 0 Å². The molecule has 2 aliphatic carbocycles. The third kappa shape index (κ3) is 4.01. The smallest absolute Gasteiger partial charge is 0.257 e. The van der Waals surface area contributed by atoms with Crippen molar-refractivity contribution in [3.05, 3.63) is 71.5 Å². The summed E-state index contributed by atoms with van der Waals surface area (Å²) in [4.78, 5) is 15.8. The second kappa shape index (κ2) is 8.36. The Morgan fingerprint density at radius 3 is 2.32 bits per heavy atom. The minimum absolute atomic E-state index is 0.0132. The molecule has 0 radical (unpaired) electrons. The standard InChI is InChI=1S/C26H31FN2O2/c27-21-12-10-18(11-13-21)14-15-29-16-22-23(17-29)24(22)28-25(30)26(31,20-8-4-5-9-20)19-6-2-1-3-7-19/h1-3,6-7,10-13,20,22-24,31H,4-5,8-9,14-17H2,(H,28,30). The van der Waals surface area contributed by atoms with Crippen LogP contribution >= 0.6 is 0 Å². The molecule has 0 bridgehead atoms. The third-order valence-corrected chi connectivity index (χ3v) is 7.70. The number of hydrogen-bond acceptors (Lipinski definition) is 3. The Kier molecular flexibility index (Phi) is 5.57. The van der Waals surface area contributed by atoms with E-state index in [0.717, 1.165) is 57.3 Å². The fraction of sp³-hybridized carbons (Fsp3) is 0.500. The number of aliphatic hydroxyl groups is 1. The van der Waals surface area contributed by atoms with Crippen molar-refractivity contribution in [3.8, 4) is 0 Å². The highest BCUT2D eigenvalue weighted by atomic mass is 19.1. The van der Waals surface area contributed by atoms with E-state index in [9.17, 15) is 14.3 Å². The summed E-state index contributed by atoms with van der Waals surface area (Å²) in [5.41, 5.74) is 0.430. The monoisotopic (exact) mass is 422 g/mol. The predicted octanol–water partition coefficient (Wildman–Crippen LogP) is 3.49. The molecule has 164 valence electrons. The predicted molar refractivity (Wildman–Crippen MR) is 118 cm³/mol. The van der Waals surface area contributed by atoms with Crippen molar-refractivity contribution in [1.29, 1.82) is 0 Å². The van der Waals surface area contributed by atoms with Crippen molar-refractivity contribution in [3.63, 3.8) is 0 Å². The molecular formula is C26H31FN2O2. The minimum Gasteiger partial charge on any atom is -0.375 e. The zero-order valence-electron chi connectivity index (χ0n) is 17.8. The number of nitrogens with zero attached hydrogens (tertiary/aromatic N) is 1. The molecule has 31 heavy (non-hydrogen) atoms. The third-order valence-electron chi connectivity index (χ3n) is 7.70. The van der Waals surface area contributed by atoms with Crippen LogP contribution in [-0.2, 0) is 16.8 Å². The molecule has 3 atom stereocenters. The lowest BCUT2D eigenvalue weighted by Crippen LogP contribution is -2.51. The molecule has 3 aliphatic rings. The van der Waals surface area contributed by atoms with E-state index in [2.05, 4.69) is 10.2 Å². The van der Waals surface area contributed by atoms with Crippen molar-refractivity contribution in [2.75, 3.05) is 19.6 Å². The van der Waals surface area contributed by atoms with Gasteiger partial charge in [-0.1, -0.05) is 55.3 Å². The normalized spacial score (nSPS) is 27.6. The molecule has 1 amide bonds. The fourth-order valence-electron chi connectivity index (χ4n) is 5.80. The van der Waals surface area contributed by atoms with E-state index in [0.29, 0.717) is 17.4 Å². The molecule has 4 nitrogen and oxygen atoms in total. The lowest BCUT2D eigenvalue weighted by molar-refractivity contribution is -0.147. The lowest BCUT2D eigenvalue weighted by atomic mass is 9.79. The van der Waals surface area contributed by atoms with Gasteiger partial charge >= 0.3 is 0 Å². The van der Waals surface area contributed by atoms with Crippen molar-refractivity contribution in [2.45, 2.75) is 43.7 Å². The molecule has 2 saturated carbocycles. The average Bonchev–Trinajstić information content (AvgIpc) is 3.20. The number of fused-ring (bicyclic) bond motifs is 1. The van der Waals surface area contributed by atoms with Crippen LogP contribution in [-0.4, -0.2) is 41.6 Å². The highest BCUT2D eigenvalue weighted by Crippen LogP contribution is 2.47. The van der Waals surface area contributed by atoms with Gasteiger partial charge in [-0.3, -0.25) is 4.79 Å². The molecule has 0 aromatic heterocycles. The van der Waals surface area contributed by atoms with Crippen LogP contribution in [0.4, 0.5) is 4.39 Å². The Labute approximate surface area is 183 Å². The number of nitrogens with one attached hydrogen (secondary N) is 1. The van der Waals surface area contributed by atoms with Crippen molar-refractivity contribution in [1.82, 2.24) is 10.2 Å². The maximum Gasteiger partial charge on any atom is 0.257 e. The van der Waals surface area contributed by atoms with Crippen molar-refractivity contribution in [2.24, 2.45) is 17.8 Å². The molecule has 3 unspecified atom stereocenters. The Morgan fingerprint density at radius 1 is 1.03 bits per heavy atom. The molecule has 0 spiro atoms. The van der Waals surface area contributed by atoms with Gasteiger partial charge in [-0.2, -0.15) is 0 Å². The Bertz CT molecular complexity index is 901. The summed E-state index contributed by atoms with van der Waals surface area (Å²) in [7, 11) is 0. The van der Waals surface area contributed by atoms with E-state index in [-0.39, 0.29) is 23.7 Å². The number of amides is 1. The Hall–Kier alpha value is -2.24. The maximum atomic E-state index is 13.3. The van der Waals surface area contributed by atoms with E-state index in [1.54, 1.807) is 0 Å². The summed E-state index contributed by atoms with van der Waals surface area (Å²) in [5.74, 6) is 0.517. The quantitative estimate of drug-likeness (QED) is 0.718. The molecule has 1 aliphatic heterocycles. The highest BCUT2D eigenvalue weighted by Gasteiger charge is 2.58. The first-order chi connectivity index (χ1) is 15.1. The van der Waals surface area contributed by atoms with E-state index in [1.807, 2.05) is 42.5 Å². The van der Waals surface area contributed by atoms with Gasteiger partial charge < -0.3 is 15.3 Å². The SMILES string of the molecule is O=C(NC1C2CN(CCc3ccc(F)cc3)CC21)C(O)(c1ccccc1)C1CCCC1. The van der Waals surface area contributed by atoms with Gasteiger partial charge in [-0.05, 0) is 54.4 Å². The zero-order valence-corrected chi connectivity index (χ0v) is 17.8. The number of halogens is 1. The number of piperidine rings is 1. The molecule has 3 fully saturated rings. The minimum atomic E-state index is -1.43. The zero-order chi connectivity index (χ0) is 21.4. The van der Waals surface area contributed by atoms with E-state index < -0.39 is 5.60 Å². The number of carbonyl (C=O) groups excluding carboxylic acids is 1. The summed E-state index contributed by atoms with van der Waals surface area (Å²) in [5, 5.41) is 14.8. The molecule has 1 saturated heterocycles. The van der Waals surface area contributed by atoms with Gasteiger partial charge in [0.05, 0.1) is 0 Å². The molecular weight excluding hydrogens is 391 g/mol. The number of rotatable bonds is 7. The van der Waals surface area contributed by atoms with Crippen molar-refractivity contribution >= 4 is 5.91 Å². The molecule has 2 aromatic carbocycles. The topological polar surface area (TPSA) is 52.6 Å². The lowest BCUT2D eigenvalue weighted by Gasteiger charge is -2.33. The molecule has 2 N–H and O–H groups in total. The maximum absolute atomic E-state index is 13.3. The summed E-state index contributed by atoms with van der Waals surface area (Å²) >= 11 is 0. The van der Waals surface area contributed by atoms with E-state index >= 15 is 0 Å². The van der Waals surface area contributed by atoms with Crippen LogP contribution in [0.5, 0.6) is 0 Å². The first-order valence-electron chi connectivity index (χ1n) is 11.6. The van der Waals surface area contributed by atoms with Gasteiger partial charge in [0.15, 0.2) is 5.60 Å². The number of carbonyl (C=O) groups is 1. The molecule has 1 heterocycles. The summed E-state index contributed by atoms with van der Waals surface area (Å²) in [6, 6.07) is 16.4. The second-order valence-corrected chi connectivity index (χ2v) is 9.58. The van der Waals surface area contributed by atoms with Gasteiger partial charge in [-0.15, -0.1) is 0 Å². The van der Waals surface area contributed by atoms with Crippen LogP contribution in [0.1, 0.15) is 36.8 Å². The molecule has 2 aromatic rings. The number of benzene rings is 2. The summed E-state index contributed by atoms with van der Waals surface area (Å²) in [6.07, 6.45) is 4.85. The first kappa shape index (κ1) is 20.7. The van der Waals surface area contributed by atoms with Crippen LogP contribution in [0.15, 0.2) is 54.6 Å². The molecule has 5 rings (SSSR count). The van der Waals surface area contributed by atoms with Gasteiger partial charge in [0.1, 0.15) is 5.82 Å². The first-order valence-corrected chi connectivity index (χ1v) is 11.6. The van der Waals surface area contributed by atoms with E-state index in [1.165, 1.54) is 12.1 Å². The number of likely N-dealkylation sites (tertiary alicyclic amines) is 1. The fourth-order valence-corrected chi connectivity index (χ4v) is 5.80. The summed E-state index contributed by atoms with van der Waals surface area (Å²) < 4.78 is 13.1. The Morgan fingerprint density at radius 2 is 1.68 bits per heavy atom. The average molecular weight is 423 g/mol. The Balaban J connectivity index is 1.18. The van der Waals surface area contributed by atoms with Gasteiger partial charge in [0.2, 0.25) is 0 Å². The second-order valence-electron chi connectivity index (χ2n) is 9.58. The van der Waals surface area contributed by atoms with Gasteiger partial charge in [0, 0.05) is 31.6 Å².